The molecule has 40 heteroatoms. The molecule has 0 aromatic heterocycles. The molecular formula is C59H82N14O21S5. The van der Waals surface area contributed by atoms with Crippen molar-refractivity contribution in [3.8, 4) is 11.5 Å². The molecule has 2 heterocycles. The van der Waals surface area contributed by atoms with Crippen LogP contribution in [0.2, 0.25) is 0 Å². The lowest BCUT2D eigenvalue weighted by Crippen LogP contribution is -2.60. The Morgan fingerprint density at radius 2 is 1.23 bits per heavy atom. The van der Waals surface area contributed by atoms with Crippen LogP contribution in [-0.4, -0.2) is 240 Å². The van der Waals surface area contributed by atoms with Gasteiger partial charge in [-0.25, -0.2) is 4.79 Å². The molecule has 35 nitrogen and oxygen atoms in total. The third-order valence-electron chi connectivity index (χ3n) is 15.0. The van der Waals surface area contributed by atoms with Crippen LogP contribution in [0, 0.1) is 0 Å². The number of phenolic OH excluding ortho intramolecular Hbond substituents is 2. The summed E-state index contributed by atoms with van der Waals surface area (Å²) in [5, 5.41) is 78.0. The molecule has 2 saturated heterocycles. The van der Waals surface area contributed by atoms with Gasteiger partial charge in [-0.2, -0.15) is 0 Å². The number of carbonyl (C=O) groups excluding carboxylic acids is 14. The van der Waals surface area contributed by atoms with Crippen molar-refractivity contribution in [2.45, 2.75) is 164 Å². The number of carboxylic acid groups (broad SMARTS) is 2. The van der Waals surface area contributed by atoms with Gasteiger partial charge in [-0.15, -0.1) is 0 Å². The number of carbonyl (C=O) groups is 16. The van der Waals surface area contributed by atoms with Crippen LogP contribution < -0.4 is 69.5 Å². The lowest BCUT2D eigenvalue weighted by Gasteiger charge is -2.30. The summed E-state index contributed by atoms with van der Waals surface area (Å²) in [7, 11) is 3.85. The number of carboxylic acids is 2. The first-order valence-corrected chi connectivity index (χ1v) is 36.6. The molecule has 2 fully saturated rings. The van der Waals surface area contributed by atoms with Gasteiger partial charge in [0.15, 0.2) is 0 Å². The maximum absolute atomic E-state index is 14.3. The molecule has 544 valence electrons. The van der Waals surface area contributed by atoms with Crippen molar-refractivity contribution in [2.75, 3.05) is 30.3 Å². The third kappa shape index (κ3) is 27.6. The van der Waals surface area contributed by atoms with Gasteiger partial charge in [0.25, 0.3) is 0 Å². The van der Waals surface area contributed by atoms with Gasteiger partial charge in [0.1, 0.15) is 90.3 Å². The molecule has 2 aliphatic heterocycles. The number of amides is 13. The summed E-state index contributed by atoms with van der Waals surface area (Å²) in [5.41, 5.74) is 6.99. The van der Waals surface area contributed by atoms with Gasteiger partial charge in [0.05, 0.1) is 18.7 Å². The second kappa shape index (κ2) is 41.1. The molecule has 0 spiro atoms. The lowest BCUT2D eigenvalue weighted by atomic mass is 10.0. The second-order valence-corrected chi connectivity index (χ2v) is 28.7. The Morgan fingerprint density at radius 1 is 0.667 bits per heavy atom. The van der Waals surface area contributed by atoms with E-state index in [1.165, 1.54) is 76.2 Å². The summed E-state index contributed by atoms with van der Waals surface area (Å²) in [6, 6.07) is -8.04. The minimum absolute atomic E-state index is 0.0323. The van der Waals surface area contributed by atoms with Gasteiger partial charge in [0, 0.05) is 49.5 Å². The van der Waals surface area contributed by atoms with Crippen LogP contribution >= 0.6 is 53.9 Å². The van der Waals surface area contributed by atoms with E-state index in [0.29, 0.717) is 17.4 Å². The average Bonchev–Trinajstić information content (AvgIpc) is 1.75. The van der Waals surface area contributed by atoms with Gasteiger partial charge >= 0.3 is 11.9 Å². The van der Waals surface area contributed by atoms with E-state index in [4.69, 9.17) is 5.73 Å². The summed E-state index contributed by atoms with van der Waals surface area (Å²) in [6.07, 6.45) is -3.21. The van der Waals surface area contributed by atoms with Gasteiger partial charge < -0.3 is 105 Å². The predicted molar refractivity (Wildman–Crippen MR) is 364 cm³/mol. The zero-order valence-corrected chi connectivity index (χ0v) is 58.3. The van der Waals surface area contributed by atoms with E-state index in [9.17, 15) is 102 Å². The molecule has 2 aromatic rings. The average molecular weight is 1480 g/mol. The molecule has 4 rings (SSSR count). The van der Waals surface area contributed by atoms with E-state index in [1.54, 1.807) is 0 Å². The predicted octanol–water partition coefficient (Wildman–Crippen LogP) is -4.73. The minimum Gasteiger partial charge on any atom is -0.508 e. The number of aliphatic hydroxyl groups is 1. The number of likely N-dealkylation sites (tertiary alicyclic amines) is 1. The number of nitrogens with two attached hydrogens (primary N) is 1. The molecule has 2 aromatic carbocycles. The molecule has 0 unspecified atom stereocenters. The lowest BCUT2D eigenvalue weighted by molar-refractivity contribution is -0.143. The minimum atomic E-state index is -1.73. The number of phenols is 2. The molecule has 99 heavy (non-hydrogen) atoms. The van der Waals surface area contributed by atoms with Crippen LogP contribution in [-0.2, 0) is 89.6 Å². The highest BCUT2D eigenvalue weighted by atomic mass is 33.5. The number of nitrogens with zero attached hydrogens (tertiary/aromatic N) is 1. The number of rotatable bonds is 29. The molecule has 0 saturated carbocycles. The van der Waals surface area contributed by atoms with Crippen molar-refractivity contribution >= 4 is 149 Å². The van der Waals surface area contributed by atoms with Crippen molar-refractivity contribution in [1.29, 1.82) is 0 Å². The Labute approximate surface area is 588 Å². The molecule has 2 aliphatic rings. The number of benzene rings is 2. The highest BCUT2D eigenvalue weighted by Crippen LogP contribution is 2.26. The van der Waals surface area contributed by atoms with Crippen molar-refractivity contribution in [2.24, 2.45) is 5.73 Å². The first-order chi connectivity index (χ1) is 46.7. The second-order valence-electron chi connectivity index (χ2n) is 22.9. The monoisotopic (exact) mass is 1480 g/mol. The van der Waals surface area contributed by atoms with Gasteiger partial charge in [-0.1, -0.05) is 68.3 Å². The topological polar surface area (TPSA) is 548 Å². The Balaban J connectivity index is 1.42. The van der Waals surface area contributed by atoms with Crippen LogP contribution in [0.3, 0.4) is 0 Å². The smallest absolute Gasteiger partial charge is 0.326 e. The van der Waals surface area contributed by atoms with E-state index >= 15 is 0 Å². The summed E-state index contributed by atoms with van der Waals surface area (Å²) in [4.78, 5) is 214. The fourth-order valence-electron chi connectivity index (χ4n) is 9.44. The number of aromatic hydroxyl groups is 2. The van der Waals surface area contributed by atoms with E-state index < -0.39 is 199 Å². The number of aliphatic carboxylic acids is 2. The Kier molecular flexibility index (Phi) is 34.4. The number of hydrogen-bond acceptors (Lipinski definition) is 25. The standard InChI is InChI=1S/C59H82N14O21S5/c1-27(47(81)62-30(4)50(84)72-46(31(5)75)57(91)61-23-44(78)66-41(26-98-99-95)54(88)70-40(59(93)94)22-33-10-14-35(77)15-11-33)65-56(90)43-7-6-19-73(43)58(92)38(18-20-74)68-55(89)42-25-97-96-24-36(60)51(85)63-28(2)48(82)67-37(16-17-45(79)80)52(86)69-39(21-32-8-12-34(76)13-9-32)53(87)64-29(3)49(83)71-42/h8-15,20,27-31,36-43,46,75-77,95H,6-7,16-19,21-26,60H2,1-5H3,(H,61,91)(H,62,81)(H,63,85)(H,64,87)(H,65,90)(H,66,78)(H,67,82)(H,68,89)(H,69,86)(H,70,88)(H,71,83)(H,72,84)(H,79,80)(H,93,94)/t27-,28-,29-,30-,31-,36-,37-,38-,39-,40-,41-,42-,43-,46-/m0/s1. The highest BCUT2D eigenvalue weighted by molar-refractivity contribution is 9.05. The zero-order chi connectivity index (χ0) is 73.8. The number of thiol groups is 1. The van der Waals surface area contributed by atoms with Crippen molar-refractivity contribution in [1.82, 2.24) is 68.7 Å². The molecule has 13 amide bonds. The van der Waals surface area contributed by atoms with Crippen molar-refractivity contribution in [3.63, 3.8) is 0 Å². The van der Waals surface area contributed by atoms with E-state index in [1.807, 2.05) is 0 Å². The number of aldehydes is 1. The summed E-state index contributed by atoms with van der Waals surface area (Å²) in [6.45, 7) is 5.22. The maximum Gasteiger partial charge on any atom is 0.326 e. The first kappa shape index (κ1) is 82.9. The number of hydrogen-bond donors (Lipinski definition) is 19. The van der Waals surface area contributed by atoms with Crippen LogP contribution in [0.5, 0.6) is 11.5 Å². The van der Waals surface area contributed by atoms with E-state index in [-0.39, 0.29) is 61.0 Å². The van der Waals surface area contributed by atoms with Gasteiger partial charge in [-0.3, -0.25) is 67.1 Å². The molecular weight excluding hydrogens is 1400 g/mol. The van der Waals surface area contributed by atoms with Crippen LogP contribution in [0.25, 0.3) is 0 Å². The molecule has 0 aliphatic carbocycles. The van der Waals surface area contributed by atoms with E-state index in [2.05, 4.69) is 75.5 Å². The fraction of sp³-hybridized carbons (Fsp3) is 0.525. The first-order valence-electron chi connectivity index (χ1n) is 30.7. The largest absolute Gasteiger partial charge is 0.508 e. The zero-order valence-electron chi connectivity index (χ0n) is 54.1. The van der Waals surface area contributed by atoms with Crippen molar-refractivity contribution in [3.05, 3.63) is 59.7 Å². The normalized spacial score (nSPS) is 21.7. The molecule has 14 atom stereocenters. The summed E-state index contributed by atoms with van der Waals surface area (Å²) in [5.74, 6) is -15.9. The van der Waals surface area contributed by atoms with Crippen LogP contribution in [0.1, 0.15) is 77.8 Å². The molecule has 0 bridgehead atoms. The fourth-order valence-corrected chi connectivity index (χ4v) is 13.3. The highest BCUT2D eigenvalue weighted by Gasteiger charge is 2.41. The third-order valence-corrected chi connectivity index (χ3v) is 19.7. The molecule has 0 radical (unpaired) electrons. The van der Waals surface area contributed by atoms with Crippen LogP contribution in [0.15, 0.2) is 48.5 Å². The Bertz CT molecular complexity index is 3250. The van der Waals surface area contributed by atoms with Crippen LogP contribution in [0.4, 0.5) is 0 Å². The Morgan fingerprint density at radius 3 is 1.83 bits per heavy atom. The number of nitrogens with one attached hydrogen (secondary N) is 12. The van der Waals surface area contributed by atoms with E-state index in [0.717, 1.165) is 54.0 Å². The van der Waals surface area contributed by atoms with Gasteiger partial charge in [0.2, 0.25) is 76.8 Å². The van der Waals surface area contributed by atoms with Gasteiger partial charge in [-0.05, 0) is 99.1 Å². The maximum atomic E-state index is 14.3. The summed E-state index contributed by atoms with van der Waals surface area (Å²) >= 11 is 4.02. The summed E-state index contributed by atoms with van der Waals surface area (Å²) < 4.78 is 0. The SMILES string of the molecule is C[C@H](NC(=O)[C@H](C)NC(=O)[C@@H]1CCCN1C(=O)[C@H](CC=O)NC(=O)[C@@H]1CSSC[C@H](N)C(=O)N[C@@H](C)C(=O)N[C@@H](CCC(=O)O)C(=O)N[C@@H](Cc2ccc(O)cc2)C(=O)N[C@@H](C)C(=O)N1)C(=O)N[C@H](C(=O)NCC(=O)N[C@@H](CSSS)C(=O)N[C@@H](Cc1ccc(O)cc1)C(=O)O)[C@H](C)O. The Hall–Kier alpha value is -8.57. The molecule has 19 N–H and O–H groups in total. The quantitative estimate of drug-likeness (QED) is 0.0207. The number of aliphatic hydroxyl groups excluding tert-OH is 1. The van der Waals surface area contributed by atoms with Crippen molar-refractivity contribution < 1.29 is 102 Å².